The number of hydrogen-bond donors (Lipinski definition) is 5. The van der Waals surface area contributed by atoms with E-state index in [1.165, 1.54) is 12.3 Å². The minimum Gasteiger partial charge on any atom is -0.401 e. The maximum atomic E-state index is 14.6. The predicted molar refractivity (Wildman–Crippen MR) is 106 cm³/mol. The van der Waals surface area contributed by atoms with E-state index in [0.717, 1.165) is 19.1 Å². The number of hydrogen-bond acceptors (Lipinski definition) is 6. The first kappa shape index (κ1) is 24.2. The summed E-state index contributed by atoms with van der Waals surface area (Å²) in [6, 6.07) is 3.19. The van der Waals surface area contributed by atoms with E-state index < -0.39 is 35.4 Å². The van der Waals surface area contributed by atoms with Crippen molar-refractivity contribution < 1.29 is 22.7 Å². The molecule has 0 saturated heterocycles. The number of carbonyl (C=O) groups excluding carboxylic acids is 1. The second kappa shape index (κ2) is 9.59. The van der Waals surface area contributed by atoms with E-state index in [0.29, 0.717) is 5.57 Å². The lowest BCUT2D eigenvalue weighted by Crippen LogP contribution is -2.53. The maximum Gasteiger partial charge on any atom is 0.292 e. The van der Waals surface area contributed by atoms with E-state index in [1.807, 2.05) is 0 Å². The van der Waals surface area contributed by atoms with Crippen molar-refractivity contribution in [3.05, 3.63) is 65.8 Å². The molecule has 8 N–H and O–H groups in total. The molecule has 0 unspecified atom stereocenters. The molecule has 10 heteroatoms. The fraction of sp³-hybridized carbons (Fsp3) is 0.316. The molecule has 7 nitrogen and oxygen atoms in total. The van der Waals surface area contributed by atoms with Crippen LogP contribution in [0.4, 0.5) is 18.9 Å². The number of nitrogens with two attached hydrogens (primary N) is 3. The molecule has 29 heavy (non-hydrogen) atoms. The molecule has 0 aromatic heterocycles. The van der Waals surface area contributed by atoms with Crippen LogP contribution in [-0.4, -0.2) is 25.0 Å². The Labute approximate surface area is 167 Å². The van der Waals surface area contributed by atoms with Crippen LogP contribution in [0.2, 0.25) is 0 Å². The Morgan fingerprint density at radius 2 is 1.97 bits per heavy atom. The van der Waals surface area contributed by atoms with E-state index in [-0.39, 0.29) is 23.6 Å². The Kier molecular flexibility index (Phi) is 8.01. The summed E-state index contributed by atoms with van der Waals surface area (Å²) >= 11 is 0. The molecule has 1 rings (SSSR count). The van der Waals surface area contributed by atoms with Gasteiger partial charge in [-0.1, -0.05) is 13.2 Å². The standard InChI is InChI=1S/C19H26F3N5O2/c1-11(8-26-25)13(3)17(28)27-14-5-6-16(20)15(7-14)18(4,24)19(21,22)10-29-9-12(2)23/h5-8,26H,2-3,9-10,23-25H2,1,4H3,(H,27,28)/b11-8-/t18-/m1/s1. The summed E-state index contributed by atoms with van der Waals surface area (Å²) in [5.41, 5.74) is 11.0. The maximum absolute atomic E-state index is 14.6. The Hall–Kier alpha value is -2.82. The molecule has 1 amide bonds. The first-order valence-electron chi connectivity index (χ1n) is 8.44. The fourth-order valence-electron chi connectivity index (χ4n) is 2.26. The van der Waals surface area contributed by atoms with E-state index in [1.54, 1.807) is 6.92 Å². The van der Waals surface area contributed by atoms with Crippen LogP contribution in [0.15, 0.2) is 54.4 Å². The number of hydrazine groups is 1. The van der Waals surface area contributed by atoms with Crippen molar-refractivity contribution >= 4 is 11.6 Å². The number of halogens is 3. The summed E-state index contributed by atoms with van der Waals surface area (Å²) in [6.45, 7) is 8.12. The van der Waals surface area contributed by atoms with Gasteiger partial charge in [-0.05, 0) is 37.6 Å². The first-order chi connectivity index (χ1) is 13.3. The van der Waals surface area contributed by atoms with Gasteiger partial charge in [-0.3, -0.25) is 10.6 Å². The zero-order valence-electron chi connectivity index (χ0n) is 16.3. The van der Waals surface area contributed by atoms with Gasteiger partial charge >= 0.3 is 0 Å². The second-order valence-corrected chi connectivity index (χ2v) is 6.68. The number of alkyl halides is 2. The average Bonchev–Trinajstić information content (AvgIpc) is 2.61. The molecular formula is C19H26F3N5O2. The molecule has 0 fully saturated rings. The van der Waals surface area contributed by atoms with E-state index in [2.05, 4.69) is 23.9 Å². The van der Waals surface area contributed by atoms with Crippen molar-refractivity contribution in [2.45, 2.75) is 25.3 Å². The molecule has 0 aliphatic carbocycles. The summed E-state index contributed by atoms with van der Waals surface area (Å²) in [4.78, 5) is 12.2. The highest BCUT2D eigenvalue weighted by Gasteiger charge is 2.50. The van der Waals surface area contributed by atoms with Gasteiger partial charge in [0.25, 0.3) is 11.8 Å². The van der Waals surface area contributed by atoms with Gasteiger partial charge in [-0.2, -0.15) is 0 Å². The van der Waals surface area contributed by atoms with Gasteiger partial charge in [0.15, 0.2) is 0 Å². The van der Waals surface area contributed by atoms with Gasteiger partial charge in [0.2, 0.25) is 0 Å². The predicted octanol–water partition coefficient (Wildman–Crippen LogP) is 1.99. The Bertz CT molecular complexity index is 822. The SMILES string of the molecule is C=C(N)COCC(F)(F)[C@](C)(N)c1cc(NC(=O)C(=C)/C(C)=C\NN)ccc1F. The number of carbonyl (C=O) groups is 1. The number of benzene rings is 1. The highest BCUT2D eigenvalue weighted by molar-refractivity contribution is 6.06. The average molecular weight is 413 g/mol. The lowest BCUT2D eigenvalue weighted by Gasteiger charge is -2.34. The molecule has 0 aliphatic heterocycles. The zero-order valence-corrected chi connectivity index (χ0v) is 16.3. The molecule has 1 aromatic rings. The molecule has 0 radical (unpaired) electrons. The largest absolute Gasteiger partial charge is 0.401 e. The third-order valence-corrected chi connectivity index (χ3v) is 4.16. The van der Waals surface area contributed by atoms with Crippen LogP contribution >= 0.6 is 0 Å². The molecule has 0 saturated carbocycles. The molecule has 1 atom stereocenters. The summed E-state index contributed by atoms with van der Waals surface area (Å²) < 4.78 is 48.4. The summed E-state index contributed by atoms with van der Waals surface area (Å²) in [5, 5.41) is 2.46. The molecule has 160 valence electrons. The Morgan fingerprint density at radius 3 is 2.52 bits per heavy atom. The highest BCUT2D eigenvalue weighted by Crippen LogP contribution is 2.38. The summed E-state index contributed by atoms with van der Waals surface area (Å²) in [6.07, 6.45) is 1.35. The van der Waals surface area contributed by atoms with Crippen LogP contribution in [0, 0.1) is 5.82 Å². The van der Waals surface area contributed by atoms with Gasteiger partial charge in [-0.25, -0.2) is 13.2 Å². The van der Waals surface area contributed by atoms with Crippen LogP contribution in [0.5, 0.6) is 0 Å². The molecule has 0 bridgehead atoms. The van der Waals surface area contributed by atoms with E-state index in [9.17, 15) is 18.0 Å². The highest BCUT2D eigenvalue weighted by atomic mass is 19.3. The molecule has 0 spiro atoms. The lowest BCUT2D eigenvalue weighted by atomic mass is 9.86. The number of ether oxygens (including phenoxy) is 1. The molecular weight excluding hydrogens is 387 g/mol. The van der Waals surface area contributed by atoms with Crippen molar-refractivity contribution in [3.63, 3.8) is 0 Å². The fourth-order valence-corrected chi connectivity index (χ4v) is 2.26. The zero-order chi connectivity index (χ0) is 22.4. The van der Waals surface area contributed by atoms with Gasteiger partial charge in [0.1, 0.15) is 18.0 Å². The third-order valence-electron chi connectivity index (χ3n) is 4.16. The van der Waals surface area contributed by atoms with E-state index in [4.69, 9.17) is 22.0 Å². The van der Waals surface area contributed by atoms with Crippen molar-refractivity contribution in [2.24, 2.45) is 17.3 Å². The number of anilines is 1. The van der Waals surface area contributed by atoms with Crippen LogP contribution in [0.25, 0.3) is 0 Å². The normalized spacial score (nSPS) is 14.1. The quantitative estimate of drug-likeness (QED) is 0.173. The molecule has 1 aromatic carbocycles. The first-order valence-corrected chi connectivity index (χ1v) is 8.44. The van der Waals surface area contributed by atoms with Crippen LogP contribution in [-0.2, 0) is 15.1 Å². The van der Waals surface area contributed by atoms with Crippen molar-refractivity contribution in [3.8, 4) is 0 Å². The van der Waals surface area contributed by atoms with Crippen LogP contribution in [0.1, 0.15) is 19.4 Å². The van der Waals surface area contributed by atoms with Crippen molar-refractivity contribution in [1.82, 2.24) is 5.43 Å². The molecule has 0 heterocycles. The van der Waals surface area contributed by atoms with Crippen LogP contribution < -0.4 is 28.1 Å². The summed E-state index contributed by atoms with van der Waals surface area (Å²) in [5.74, 6) is -0.0860. The van der Waals surface area contributed by atoms with Gasteiger partial charge in [-0.15, -0.1) is 0 Å². The third kappa shape index (κ3) is 6.08. The number of nitrogens with one attached hydrogen (secondary N) is 2. The summed E-state index contributed by atoms with van der Waals surface area (Å²) in [7, 11) is 0. The Morgan fingerprint density at radius 1 is 1.34 bits per heavy atom. The van der Waals surface area contributed by atoms with E-state index >= 15 is 0 Å². The smallest absolute Gasteiger partial charge is 0.292 e. The van der Waals surface area contributed by atoms with Crippen molar-refractivity contribution in [2.75, 3.05) is 18.5 Å². The second-order valence-electron chi connectivity index (χ2n) is 6.68. The number of amides is 1. The minimum absolute atomic E-state index is 0.0600. The minimum atomic E-state index is -3.65. The van der Waals surface area contributed by atoms with Crippen molar-refractivity contribution in [1.29, 1.82) is 0 Å². The van der Waals surface area contributed by atoms with Gasteiger partial charge < -0.3 is 26.9 Å². The molecule has 0 aliphatic rings. The lowest BCUT2D eigenvalue weighted by molar-refractivity contribution is -0.124. The topological polar surface area (TPSA) is 128 Å². The van der Waals surface area contributed by atoms with Crippen LogP contribution in [0.3, 0.4) is 0 Å². The number of rotatable bonds is 10. The monoisotopic (exact) mass is 413 g/mol. The van der Waals surface area contributed by atoms with Gasteiger partial charge in [0, 0.05) is 28.7 Å². The Balaban J connectivity index is 3.11. The van der Waals surface area contributed by atoms with Gasteiger partial charge in [0.05, 0.1) is 6.61 Å².